The summed E-state index contributed by atoms with van der Waals surface area (Å²) in [6.07, 6.45) is 1.49. The van der Waals surface area contributed by atoms with Crippen LogP contribution in [0.2, 0.25) is 0 Å². The smallest absolute Gasteiger partial charge is 0.240 e. The highest BCUT2D eigenvalue weighted by Gasteiger charge is 2.39. The van der Waals surface area contributed by atoms with Crippen molar-refractivity contribution in [3.63, 3.8) is 0 Å². The predicted octanol–water partition coefficient (Wildman–Crippen LogP) is 0.193. The van der Waals surface area contributed by atoms with Crippen molar-refractivity contribution in [1.29, 1.82) is 0 Å². The van der Waals surface area contributed by atoms with Gasteiger partial charge in [-0.05, 0) is 11.8 Å². The highest BCUT2D eigenvalue weighted by atomic mass is 16.2. The van der Waals surface area contributed by atoms with Crippen molar-refractivity contribution < 1.29 is 9.59 Å². The van der Waals surface area contributed by atoms with Crippen LogP contribution in [0.1, 0.15) is 33.6 Å². The molecule has 102 valence electrons. The topological polar surface area (TPSA) is 66.6 Å². The summed E-state index contributed by atoms with van der Waals surface area (Å²) in [6.45, 7) is 7.85. The van der Waals surface area contributed by atoms with E-state index in [4.69, 9.17) is 5.73 Å². The molecule has 1 unspecified atom stereocenters. The van der Waals surface area contributed by atoms with Crippen molar-refractivity contribution >= 4 is 11.8 Å². The third-order valence-corrected chi connectivity index (χ3v) is 4.01. The fourth-order valence-electron chi connectivity index (χ4n) is 2.63. The summed E-state index contributed by atoms with van der Waals surface area (Å²) in [5.74, 6) is 0.244. The van der Waals surface area contributed by atoms with Crippen LogP contribution in [0.5, 0.6) is 0 Å². The normalized spacial score (nSPS) is 26.2. The SMILES string of the molecule is CC(C)(C)[C@H](N)C(=O)N1CCN2C(=O)CCC2C1. The molecule has 5 heteroatoms. The second-order valence-electron chi connectivity index (χ2n) is 6.41. The Kier molecular flexibility index (Phi) is 3.36. The van der Waals surface area contributed by atoms with Crippen LogP contribution in [0.3, 0.4) is 0 Å². The number of piperazine rings is 1. The van der Waals surface area contributed by atoms with Crippen LogP contribution < -0.4 is 5.73 Å². The zero-order chi connectivity index (χ0) is 13.5. The first-order chi connectivity index (χ1) is 8.30. The Bertz CT molecular complexity index is 362. The molecule has 0 aliphatic carbocycles. The van der Waals surface area contributed by atoms with Crippen LogP contribution in [0.4, 0.5) is 0 Å². The zero-order valence-corrected chi connectivity index (χ0v) is 11.5. The number of rotatable bonds is 1. The van der Waals surface area contributed by atoms with Crippen LogP contribution in [-0.2, 0) is 9.59 Å². The molecule has 0 spiro atoms. The first-order valence-corrected chi connectivity index (χ1v) is 6.64. The standard InChI is InChI=1S/C13H23N3O2/c1-13(2,3)11(14)12(18)15-6-7-16-9(8-15)4-5-10(16)17/h9,11H,4-8,14H2,1-3H3/t9?,11-/m1/s1. The van der Waals surface area contributed by atoms with E-state index in [2.05, 4.69) is 0 Å². The minimum atomic E-state index is -0.471. The molecule has 2 aliphatic heterocycles. The van der Waals surface area contributed by atoms with E-state index in [0.29, 0.717) is 26.1 Å². The number of fused-ring (bicyclic) bond motifs is 1. The first-order valence-electron chi connectivity index (χ1n) is 6.64. The lowest BCUT2D eigenvalue weighted by molar-refractivity contribution is -0.141. The van der Waals surface area contributed by atoms with E-state index in [-0.39, 0.29) is 23.3 Å². The number of amides is 2. The fraction of sp³-hybridized carbons (Fsp3) is 0.846. The van der Waals surface area contributed by atoms with Gasteiger partial charge in [-0.3, -0.25) is 9.59 Å². The van der Waals surface area contributed by atoms with Gasteiger partial charge in [-0.25, -0.2) is 0 Å². The molecule has 0 saturated carbocycles. The molecule has 0 aromatic rings. The molecule has 2 heterocycles. The van der Waals surface area contributed by atoms with E-state index in [1.54, 1.807) is 0 Å². The monoisotopic (exact) mass is 253 g/mol. The summed E-state index contributed by atoms with van der Waals surface area (Å²) in [7, 11) is 0. The minimum Gasteiger partial charge on any atom is -0.337 e. The van der Waals surface area contributed by atoms with Crippen molar-refractivity contribution in [3.8, 4) is 0 Å². The number of nitrogens with two attached hydrogens (primary N) is 1. The molecule has 5 nitrogen and oxygen atoms in total. The first kappa shape index (κ1) is 13.3. The van der Waals surface area contributed by atoms with Gasteiger partial charge in [-0.2, -0.15) is 0 Å². The van der Waals surface area contributed by atoms with Crippen molar-refractivity contribution in [1.82, 2.24) is 9.80 Å². The molecule has 2 aliphatic rings. The van der Waals surface area contributed by atoms with Gasteiger partial charge in [0.25, 0.3) is 0 Å². The summed E-state index contributed by atoms with van der Waals surface area (Å²) >= 11 is 0. The molecule has 2 amide bonds. The highest BCUT2D eigenvalue weighted by Crippen LogP contribution is 2.25. The maximum absolute atomic E-state index is 12.3. The van der Waals surface area contributed by atoms with Gasteiger partial charge in [-0.15, -0.1) is 0 Å². The summed E-state index contributed by atoms with van der Waals surface area (Å²) in [4.78, 5) is 27.6. The fourth-order valence-corrected chi connectivity index (χ4v) is 2.63. The van der Waals surface area contributed by atoms with Gasteiger partial charge >= 0.3 is 0 Å². The molecule has 0 aromatic heterocycles. The van der Waals surface area contributed by atoms with E-state index in [0.717, 1.165) is 6.42 Å². The molecular formula is C13H23N3O2. The second kappa shape index (κ2) is 4.53. The third-order valence-electron chi connectivity index (χ3n) is 4.01. The van der Waals surface area contributed by atoms with E-state index >= 15 is 0 Å². The van der Waals surface area contributed by atoms with Crippen molar-refractivity contribution in [3.05, 3.63) is 0 Å². The Morgan fingerprint density at radius 2 is 2.06 bits per heavy atom. The van der Waals surface area contributed by atoms with Crippen molar-refractivity contribution in [2.75, 3.05) is 19.6 Å². The van der Waals surface area contributed by atoms with E-state index < -0.39 is 6.04 Å². The molecular weight excluding hydrogens is 230 g/mol. The van der Waals surface area contributed by atoms with Crippen LogP contribution in [0.15, 0.2) is 0 Å². The van der Waals surface area contributed by atoms with E-state index in [1.165, 1.54) is 0 Å². The summed E-state index contributed by atoms with van der Waals surface area (Å²) in [5.41, 5.74) is 5.80. The summed E-state index contributed by atoms with van der Waals surface area (Å²) < 4.78 is 0. The Morgan fingerprint density at radius 1 is 1.39 bits per heavy atom. The average molecular weight is 253 g/mol. The van der Waals surface area contributed by atoms with Crippen LogP contribution in [0, 0.1) is 5.41 Å². The quantitative estimate of drug-likeness (QED) is 0.725. The maximum Gasteiger partial charge on any atom is 0.240 e. The van der Waals surface area contributed by atoms with Gasteiger partial charge < -0.3 is 15.5 Å². The molecule has 0 aromatic carbocycles. The van der Waals surface area contributed by atoms with Gasteiger partial charge in [0.2, 0.25) is 11.8 Å². The minimum absolute atomic E-state index is 0.0153. The molecule has 2 rings (SSSR count). The molecule has 18 heavy (non-hydrogen) atoms. The highest BCUT2D eigenvalue weighted by molar-refractivity contribution is 5.83. The third kappa shape index (κ3) is 2.36. The zero-order valence-electron chi connectivity index (χ0n) is 11.5. The number of hydrogen-bond donors (Lipinski definition) is 1. The predicted molar refractivity (Wildman–Crippen MR) is 68.7 cm³/mol. The number of carbonyl (C=O) groups excluding carboxylic acids is 2. The van der Waals surface area contributed by atoms with Crippen molar-refractivity contribution in [2.45, 2.75) is 45.7 Å². The number of nitrogens with zero attached hydrogens (tertiary/aromatic N) is 2. The van der Waals surface area contributed by atoms with Gasteiger partial charge in [0.15, 0.2) is 0 Å². The largest absolute Gasteiger partial charge is 0.337 e. The van der Waals surface area contributed by atoms with Crippen molar-refractivity contribution in [2.24, 2.45) is 11.1 Å². The lowest BCUT2D eigenvalue weighted by Gasteiger charge is -2.40. The Morgan fingerprint density at radius 3 is 2.67 bits per heavy atom. The van der Waals surface area contributed by atoms with Gasteiger partial charge in [0.05, 0.1) is 6.04 Å². The Hall–Kier alpha value is -1.10. The van der Waals surface area contributed by atoms with Crippen LogP contribution in [-0.4, -0.2) is 53.3 Å². The number of hydrogen-bond acceptors (Lipinski definition) is 3. The van der Waals surface area contributed by atoms with Gasteiger partial charge in [0, 0.05) is 32.1 Å². The Labute approximate surface area is 108 Å². The molecule has 2 N–H and O–H groups in total. The Balaban J connectivity index is 2.00. The summed E-state index contributed by atoms with van der Waals surface area (Å²) in [5, 5.41) is 0. The molecule has 2 atom stereocenters. The lowest BCUT2D eigenvalue weighted by Crippen LogP contribution is -2.58. The lowest BCUT2D eigenvalue weighted by atomic mass is 9.86. The summed E-state index contributed by atoms with van der Waals surface area (Å²) in [6, 6.07) is -0.261. The van der Waals surface area contributed by atoms with E-state index in [9.17, 15) is 9.59 Å². The number of carbonyl (C=O) groups is 2. The molecule has 2 saturated heterocycles. The second-order valence-corrected chi connectivity index (χ2v) is 6.41. The van der Waals surface area contributed by atoms with Gasteiger partial charge in [0.1, 0.15) is 0 Å². The maximum atomic E-state index is 12.3. The van der Waals surface area contributed by atoms with Crippen LogP contribution >= 0.6 is 0 Å². The molecule has 2 fully saturated rings. The van der Waals surface area contributed by atoms with Gasteiger partial charge in [-0.1, -0.05) is 20.8 Å². The molecule has 0 bridgehead atoms. The molecule has 0 radical (unpaired) electrons. The van der Waals surface area contributed by atoms with E-state index in [1.807, 2.05) is 30.6 Å². The van der Waals surface area contributed by atoms with Crippen LogP contribution in [0.25, 0.3) is 0 Å². The average Bonchev–Trinajstić information content (AvgIpc) is 2.67.